The Hall–Kier alpha value is -1.65. The summed E-state index contributed by atoms with van der Waals surface area (Å²) in [7, 11) is 0. The van der Waals surface area contributed by atoms with Crippen molar-refractivity contribution in [3.05, 3.63) is 54.1 Å². The fraction of sp³-hybridized carbons (Fsp3) is 0.200. The van der Waals surface area contributed by atoms with Gasteiger partial charge in [0, 0.05) is 22.8 Å². The van der Waals surface area contributed by atoms with Gasteiger partial charge < -0.3 is 16.2 Å². The van der Waals surface area contributed by atoms with Gasteiger partial charge in [0.15, 0.2) is 0 Å². The maximum Gasteiger partial charge on any atom is 0.0443 e. The molecule has 2 aromatic carbocycles. The van der Waals surface area contributed by atoms with Crippen LogP contribution >= 0.6 is 11.9 Å². The molecule has 0 aliphatic rings. The maximum atomic E-state index is 5.62. The lowest BCUT2D eigenvalue weighted by Crippen LogP contribution is -1.95. The first-order chi connectivity index (χ1) is 9.28. The van der Waals surface area contributed by atoms with Crippen molar-refractivity contribution in [2.24, 2.45) is 5.73 Å². The normalized spacial score (nSPS) is 9.42. The van der Waals surface area contributed by atoms with E-state index in [1.54, 1.807) is 11.9 Å². The molecule has 0 amide bonds. The van der Waals surface area contributed by atoms with Crippen LogP contribution in [0.15, 0.2) is 53.4 Å². The first-order valence-electron chi connectivity index (χ1n) is 6.35. The molecule has 0 spiro atoms. The molecule has 0 saturated heterocycles. The van der Waals surface area contributed by atoms with Gasteiger partial charge >= 0.3 is 0 Å². The van der Waals surface area contributed by atoms with Crippen molar-refractivity contribution in [1.29, 1.82) is 0 Å². The second-order valence-corrected chi connectivity index (χ2v) is 4.55. The molecule has 0 unspecified atom stereocenters. The zero-order valence-corrected chi connectivity index (χ0v) is 12.2. The Bertz CT molecular complexity index is 466. The third kappa shape index (κ3) is 5.24. The molecule has 0 bridgehead atoms. The van der Waals surface area contributed by atoms with Crippen LogP contribution < -0.4 is 16.2 Å². The highest BCUT2D eigenvalue weighted by Gasteiger charge is 1.95. The minimum Gasteiger partial charge on any atom is -0.399 e. The van der Waals surface area contributed by atoms with Crippen LogP contribution in [0.3, 0.4) is 0 Å². The van der Waals surface area contributed by atoms with E-state index in [1.165, 1.54) is 0 Å². The highest BCUT2D eigenvalue weighted by molar-refractivity contribution is 8.00. The SMILES string of the molecule is CC.NCc1ccc(NSc2ccc(N)cc2)cc1. The molecular formula is C15H21N3S. The second kappa shape index (κ2) is 8.45. The molecule has 0 atom stereocenters. The van der Waals surface area contributed by atoms with Gasteiger partial charge in [0.2, 0.25) is 0 Å². The number of benzene rings is 2. The minimum absolute atomic E-state index is 0.575. The topological polar surface area (TPSA) is 64.1 Å². The third-order valence-corrected chi connectivity index (χ3v) is 3.20. The van der Waals surface area contributed by atoms with Crippen LogP contribution in [0.4, 0.5) is 11.4 Å². The summed E-state index contributed by atoms with van der Waals surface area (Å²) in [5, 5.41) is 0. The van der Waals surface area contributed by atoms with Crippen molar-refractivity contribution in [1.82, 2.24) is 0 Å². The van der Waals surface area contributed by atoms with Crippen LogP contribution in [0.2, 0.25) is 0 Å². The fourth-order valence-electron chi connectivity index (χ4n) is 1.36. The molecule has 2 rings (SSSR count). The van der Waals surface area contributed by atoms with Gasteiger partial charge in [-0.05, 0) is 53.9 Å². The van der Waals surface area contributed by atoms with Crippen molar-refractivity contribution in [3.63, 3.8) is 0 Å². The minimum atomic E-state index is 0.575. The summed E-state index contributed by atoms with van der Waals surface area (Å²) in [6, 6.07) is 15.8. The van der Waals surface area contributed by atoms with Gasteiger partial charge in [0.25, 0.3) is 0 Å². The smallest absolute Gasteiger partial charge is 0.0443 e. The summed E-state index contributed by atoms with van der Waals surface area (Å²) in [5.74, 6) is 0. The summed E-state index contributed by atoms with van der Waals surface area (Å²) in [6.45, 7) is 4.57. The Morgan fingerprint density at radius 2 is 1.53 bits per heavy atom. The second-order valence-electron chi connectivity index (χ2n) is 3.67. The highest BCUT2D eigenvalue weighted by Crippen LogP contribution is 2.22. The molecule has 0 aromatic heterocycles. The van der Waals surface area contributed by atoms with E-state index < -0.39 is 0 Å². The highest BCUT2D eigenvalue weighted by atomic mass is 32.2. The Kier molecular flexibility index (Phi) is 6.85. The number of hydrogen-bond acceptors (Lipinski definition) is 4. The summed E-state index contributed by atoms with van der Waals surface area (Å²) in [4.78, 5) is 1.13. The zero-order chi connectivity index (χ0) is 14.1. The van der Waals surface area contributed by atoms with Gasteiger partial charge in [0.05, 0.1) is 0 Å². The van der Waals surface area contributed by atoms with Gasteiger partial charge in [-0.15, -0.1) is 0 Å². The molecule has 5 N–H and O–H groups in total. The molecular weight excluding hydrogens is 254 g/mol. The first kappa shape index (κ1) is 15.4. The van der Waals surface area contributed by atoms with Crippen LogP contribution in [-0.4, -0.2) is 0 Å². The summed E-state index contributed by atoms with van der Waals surface area (Å²) < 4.78 is 3.27. The predicted octanol–water partition coefficient (Wildman–Crippen LogP) is 3.87. The number of nitrogen functional groups attached to an aromatic ring is 1. The number of nitrogens with two attached hydrogens (primary N) is 2. The van der Waals surface area contributed by atoms with Gasteiger partial charge in [-0.1, -0.05) is 26.0 Å². The third-order valence-electron chi connectivity index (χ3n) is 2.36. The molecule has 0 aliphatic carbocycles. The Morgan fingerprint density at radius 1 is 0.947 bits per heavy atom. The zero-order valence-electron chi connectivity index (χ0n) is 11.4. The van der Waals surface area contributed by atoms with E-state index in [1.807, 2.05) is 62.4 Å². The lowest BCUT2D eigenvalue weighted by atomic mass is 10.2. The molecule has 4 heteroatoms. The Labute approximate surface area is 119 Å². The molecule has 0 heterocycles. The molecule has 0 fully saturated rings. The largest absolute Gasteiger partial charge is 0.399 e. The summed E-state index contributed by atoms with van der Waals surface area (Å²) in [5.41, 5.74) is 14.1. The van der Waals surface area contributed by atoms with E-state index in [9.17, 15) is 0 Å². The standard InChI is InChI=1S/C13H15N3S.C2H6/c14-9-10-1-5-12(6-2-10)16-17-13-7-3-11(15)4-8-13;1-2/h1-8,16H,9,14-15H2;1-2H3. The fourth-order valence-corrected chi connectivity index (χ4v) is 2.01. The number of rotatable bonds is 4. The Balaban J connectivity index is 0.000000861. The van der Waals surface area contributed by atoms with E-state index in [0.29, 0.717) is 6.54 Å². The van der Waals surface area contributed by atoms with E-state index in [0.717, 1.165) is 21.8 Å². The van der Waals surface area contributed by atoms with Crippen LogP contribution in [-0.2, 0) is 6.54 Å². The lowest BCUT2D eigenvalue weighted by molar-refractivity contribution is 1.07. The van der Waals surface area contributed by atoms with Crippen molar-refractivity contribution >= 4 is 23.3 Å². The van der Waals surface area contributed by atoms with Crippen LogP contribution in [0.25, 0.3) is 0 Å². The van der Waals surface area contributed by atoms with E-state index in [-0.39, 0.29) is 0 Å². The summed E-state index contributed by atoms with van der Waals surface area (Å²) in [6.07, 6.45) is 0. The molecule has 2 aromatic rings. The van der Waals surface area contributed by atoms with Crippen molar-refractivity contribution in [2.75, 3.05) is 10.5 Å². The molecule has 0 saturated carbocycles. The average molecular weight is 275 g/mol. The van der Waals surface area contributed by atoms with Crippen LogP contribution in [0.1, 0.15) is 19.4 Å². The average Bonchev–Trinajstić information content (AvgIpc) is 2.49. The summed E-state index contributed by atoms with van der Waals surface area (Å²) >= 11 is 1.56. The first-order valence-corrected chi connectivity index (χ1v) is 7.17. The molecule has 0 radical (unpaired) electrons. The predicted molar refractivity (Wildman–Crippen MR) is 86.0 cm³/mol. The number of hydrogen-bond donors (Lipinski definition) is 3. The van der Waals surface area contributed by atoms with Gasteiger partial charge in [-0.3, -0.25) is 0 Å². The van der Waals surface area contributed by atoms with E-state index in [4.69, 9.17) is 11.5 Å². The Morgan fingerprint density at radius 3 is 2.05 bits per heavy atom. The van der Waals surface area contributed by atoms with E-state index in [2.05, 4.69) is 4.72 Å². The molecule has 0 aliphatic heterocycles. The molecule has 3 nitrogen and oxygen atoms in total. The number of anilines is 2. The van der Waals surface area contributed by atoms with Crippen molar-refractivity contribution < 1.29 is 0 Å². The molecule has 19 heavy (non-hydrogen) atoms. The van der Waals surface area contributed by atoms with Gasteiger partial charge in [-0.2, -0.15) is 0 Å². The number of nitrogens with one attached hydrogen (secondary N) is 1. The quantitative estimate of drug-likeness (QED) is 0.585. The van der Waals surface area contributed by atoms with Crippen molar-refractivity contribution in [3.8, 4) is 0 Å². The van der Waals surface area contributed by atoms with Crippen molar-refractivity contribution in [2.45, 2.75) is 25.3 Å². The van der Waals surface area contributed by atoms with Crippen LogP contribution in [0, 0.1) is 0 Å². The van der Waals surface area contributed by atoms with Gasteiger partial charge in [-0.25, -0.2) is 0 Å². The monoisotopic (exact) mass is 275 g/mol. The van der Waals surface area contributed by atoms with Crippen LogP contribution in [0.5, 0.6) is 0 Å². The van der Waals surface area contributed by atoms with Gasteiger partial charge in [0.1, 0.15) is 0 Å². The molecule has 102 valence electrons. The lowest BCUT2D eigenvalue weighted by Gasteiger charge is -2.06. The van der Waals surface area contributed by atoms with E-state index >= 15 is 0 Å². The maximum absolute atomic E-state index is 5.62.